The molecule has 3 rings (SSSR count). The second kappa shape index (κ2) is 5.43. The highest BCUT2D eigenvalue weighted by atomic mass is 19.4. The molecule has 0 spiro atoms. The topological polar surface area (TPSA) is 59.2 Å². The van der Waals surface area contributed by atoms with Gasteiger partial charge in [0.1, 0.15) is 0 Å². The van der Waals surface area contributed by atoms with Gasteiger partial charge in [0.15, 0.2) is 5.82 Å². The van der Waals surface area contributed by atoms with Crippen LogP contribution >= 0.6 is 0 Å². The molecule has 0 N–H and O–H groups in total. The smallest absolute Gasteiger partial charge is 0.343 e. The first-order valence-corrected chi connectivity index (χ1v) is 6.68. The summed E-state index contributed by atoms with van der Waals surface area (Å²) < 4.78 is 42.2. The van der Waals surface area contributed by atoms with Crippen LogP contribution in [0.2, 0.25) is 0 Å². The van der Waals surface area contributed by atoms with E-state index in [9.17, 15) is 18.0 Å². The van der Waals surface area contributed by atoms with Crippen molar-refractivity contribution in [1.29, 1.82) is 0 Å². The predicted molar refractivity (Wildman–Crippen MR) is 69.0 cm³/mol. The Balaban J connectivity index is 1.70. The first-order valence-electron chi connectivity index (χ1n) is 6.68. The normalized spacial score (nSPS) is 18.7. The molecule has 0 bridgehead atoms. The monoisotopic (exact) mass is 311 g/mol. The second-order valence-corrected chi connectivity index (χ2v) is 5.10. The summed E-state index contributed by atoms with van der Waals surface area (Å²) in [4.78, 5) is 17.9. The van der Waals surface area contributed by atoms with E-state index in [1.54, 1.807) is 4.90 Å². The number of alkyl halides is 3. The molecule has 1 aromatic heterocycles. The Bertz CT molecular complexity index is 653. The molecule has 5 nitrogen and oxygen atoms in total. The van der Waals surface area contributed by atoms with E-state index in [-0.39, 0.29) is 17.4 Å². The number of hydrogen-bond acceptors (Lipinski definition) is 4. The number of amides is 1. The van der Waals surface area contributed by atoms with E-state index in [0.717, 1.165) is 12.1 Å². The van der Waals surface area contributed by atoms with Crippen molar-refractivity contribution in [3.05, 3.63) is 47.6 Å². The lowest BCUT2D eigenvalue weighted by molar-refractivity contribution is -0.137. The molecule has 1 aliphatic rings. The van der Waals surface area contributed by atoms with Crippen LogP contribution in [0.25, 0.3) is 0 Å². The third kappa shape index (κ3) is 2.81. The second-order valence-electron chi connectivity index (χ2n) is 5.10. The van der Waals surface area contributed by atoms with Crippen molar-refractivity contribution in [3.63, 3.8) is 0 Å². The lowest BCUT2D eigenvalue weighted by Crippen LogP contribution is -2.28. The summed E-state index contributed by atoms with van der Waals surface area (Å²) in [7, 11) is 0. The van der Waals surface area contributed by atoms with E-state index in [1.807, 2.05) is 0 Å². The molecule has 1 saturated heterocycles. The van der Waals surface area contributed by atoms with E-state index in [1.165, 1.54) is 18.5 Å². The molecule has 2 aromatic rings. The van der Waals surface area contributed by atoms with Gasteiger partial charge in [-0.2, -0.15) is 18.2 Å². The summed E-state index contributed by atoms with van der Waals surface area (Å²) >= 11 is 0. The average molecular weight is 311 g/mol. The minimum atomic E-state index is -4.40. The molecule has 0 aliphatic carbocycles. The zero-order chi connectivity index (χ0) is 15.7. The minimum absolute atomic E-state index is 0.00264. The standard InChI is InChI=1S/C14H12F3N3O2/c15-14(16,17)11-3-1-9(2-4-11)13(21)20-6-5-10(7-20)12-18-8-22-19-12/h1-4,8,10H,5-7H2. The van der Waals surface area contributed by atoms with Gasteiger partial charge in [0.05, 0.1) is 5.56 Å². The fourth-order valence-corrected chi connectivity index (χ4v) is 2.50. The number of halogens is 3. The lowest BCUT2D eigenvalue weighted by atomic mass is 10.1. The molecule has 116 valence electrons. The number of likely N-dealkylation sites (tertiary alicyclic amines) is 1. The fraction of sp³-hybridized carbons (Fsp3) is 0.357. The van der Waals surface area contributed by atoms with Gasteiger partial charge < -0.3 is 9.42 Å². The highest BCUT2D eigenvalue weighted by Gasteiger charge is 2.32. The highest BCUT2D eigenvalue weighted by molar-refractivity contribution is 5.94. The molecule has 1 unspecified atom stereocenters. The van der Waals surface area contributed by atoms with Crippen LogP contribution in [0.4, 0.5) is 13.2 Å². The molecule has 1 fully saturated rings. The Labute approximate surface area is 123 Å². The van der Waals surface area contributed by atoms with Gasteiger partial charge >= 0.3 is 6.18 Å². The number of rotatable bonds is 2. The lowest BCUT2D eigenvalue weighted by Gasteiger charge is -2.16. The quantitative estimate of drug-likeness (QED) is 0.855. The third-order valence-corrected chi connectivity index (χ3v) is 3.68. The molecule has 1 aromatic carbocycles. The van der Waals surface area contributed by atoms with Gasteiger partial charge in [-0.25, -0.2) is 0 Å². The highest BCUT2D eigenvalue weighted by Crippen LogP contribution is 2.30. The van der Waals surface area contributed by atoms with Crippen molar-refractivity contribution < 1.29 is 22.5 Å². The Kier molecular flexibility index (Phi) is 3.59. The molecule has 0 radical (unpaired) electrons. The van der Waals surface area contributed by atoms with Crippen molar-refractivity contribution in [2.45, 2.75) is 18.5 Å². The van der Waals surface area contributed by atoms with Crippen LogP contribution in [0.15, 0.2) is 35.2 Å². The van der Waals surface area contributed by atoms with Crippen molar-refractivity contribution in [2.24, 2.45) is 0 Å². The van der Waals surface area contributed by atoms with Gasteiger partial charge in [0, 0.05) is 24.6 Å². The van der Waals surface area contributed by atoms with Crippen LogP contribution in [0, 0.1) is 0 Å². The largest absolute Gasteiger partial charge is 0.416 e. The minimum Gasteiger partial charge on any atom is -0.343 e. The zero-order valence-corrected chi connectivity index (χ0v) is 11.4. The Morgan fingerprint density at radius 2 is 2.00 bits per heavy atom. The number of hydrogen-bond donors (Lipinski definition) is 0. The molecule has 0 saturated carbocycles. The van der Waals surface area contributed by atoms with E-state index in [4.69, 9.17) is 0 Å². The molecular formula is C14H12F3N3O2. The van der Waals surface area contributed by atoms with Crippen molar-refractivity contribution >= 4 is 5.91 Å². The number of benzene rings is 1. The molecule has 1 aliphatic heterocycles. The van der Waals surface area contributed by atoms with Crippen molar-refractivity contribution in [3.8, 4) is 0 Å². The summed E-state index contributed by atoms with van der Waals surface area (Å²) in [6, 6.07) is 4.24. The summed E-state index contributed by atoms with van der Waals surface area (Å²) in [6.45, 7) is 0.943. The average Bonchev–Trinajstić information content (AvgIpc) is 3.16. The van der Waals surface area contributed by atoms with Gasteiger partial charge in [0.25, 0.3) is 5.91 Å². The molecule has 8 heteroatoms. The Morgan fingerprint density at radius 1 is 1.27 bits per heavy atom. The van der Waals surface area contributed by atoms with Crippen LogP contribution in [0.5, 0.6) is 0 Å². The van der Waals surface area contributed by atoms with E-state index in [0.29, 0.717) is 25.3 Å². The fourth-order valence-electron chi connectivity index (χ4n) is 2.50. The molecule has 22 heavy (non-hydrogen) atoms. The van der Waals surface area contributed by atoms with Gasteiger partial charge in [-0.05, 0) is 30.7 Å². The zero-order valence-electron chi connectivity index (χ0n) is 11.4. The Morgan fingerprint density at radius 3 is 2.59 bits per heavy atom. The first kappa shape index (κ1) is 14.6. The van der Waals surface area contributed by atoms with Gasteiger partial charge in [-0.15, -0.1) is 0 Å². The van der Waals surface area contributed by atoms with Crippen LogP contribution in [-0.4, -0.2) is 34.0 Å². The van der Waals surface area contributed by atoms with E-state index >= 15 is 0 Å². The van der Waals surface area contributed by atoms with Gasteiger partial charge in [-0.3, -0.25) is 4.79 Å². The molecule has 1 atom stereocenters. The van der Waals surface area contributed by atoms with Gasteiger partial charge in [0.2, 0.25) is 6.39 Å². The number of nitrogens with zero attached hydrogens (tertiary/aromatic N) is 3. The maximum absolute atomic E-state index is 12.5. The maximum atomic E-state index is 12.5. The predicted octanol–water partition coefficient (Wildman–Crippen LogP) is 2.72. The summed E-state index contributed by atoms with van der Waals surface area (Å²) in [6.07, 6.45) is -2.47. The number of carbonyl (C=O) groups is 1. The molecular weight excluding hydrogens is 299 g/mol. The van der Waals surface area contributed by atoms with E-state index in [2.05, 4.69) is 14.7 Å². The molecule has 2 heterocycles. The SMILES string of the molecule is O=C(c1ccc(C(F)(F)F)cc1)N1CCC(c2ncon2)C1. The molecule has 1 amide bonds. The van der Waals surface area contributed by atoms with Crippen LogP contribution in [-0.2, 0) is 6.18 Å². The van der Waals surface area contributed by atoms with Crippen LogP contribution in [0.3, 0.4) is 0 Å². The first-order chi connectivity index (χ1) is 10.4. The number of aromatic nitrogens is 2. The van der Waals surface area contributed by atoms with Crippen molar-refractivity contribution in [2.75, 3.05) is 13.1 Å². The summed E-state index contributed by atoms with van der Waals surface area (Å²) in [5, 5.41) is 3.75. The maximum Gasteiger partial charge on any atom is 0.416 e. The van der Waals surface area contributed by atoms with Crippen molar-refractivity contribution in [1.82, 2.24) is 15.0 Å². The third-order valence-electron chi connectivity index (χ3n) is 3.68. The van der Waals surface area contributed by atoms with E-state index < -0.39 is 11.7 Å². The van der Waals surface area contributed by atoms with Crippen LogP contribution in [0.1, 0.15) is 34.1 Å². The van der Waals surface area contributed by atoms with Crippen LogP contribution < -0.4 is 0 Å². The summed E-state index contributed by atoms with van der Waals surface area (Å²) in [5.74, 6) is 0.250. The Hall–Kier alpha value is -2.38. The summed E-state index contributed by atoms with van der Waals surface area (Å²) in [5.41, 5.74) is -0.531. The number of carbonyl (C=O) groups excluding carboxylic acids is 1. The van der Waals surface area contributed by atoms with Gasteiger partial charge in [-0.1, -0.05) is 5.16 Å².